The van der Waals surface area contributed by atoms with E-state index in [1.165, 1.54) is 0 Å². The molecule has 1 aliphatic heterocycles. The SMILES string of the molecule is COc1ccccc1-c1nnc(N2CCC(C(N)=O)CC2)nc1-c1ccccc1OC. The van der Waals surface area contributed by atoms with Crippen LogP contribution in [0, 0.1) is 5.92 Å². The molecule has 3 aromatic rings. The fourth-order valence-electron chi connectivity index (χ4n) is 3.87. The number of piperidine rings is 1. The van der Waals surface area contributed by atoms with Gasteiger partial charge in [-0.3, -0.25) is 4.79 Å². The largest absolute Gasteiger partial charge is 0.496 e. The maximum atomic E-state index is 11.5. The zero-order valence-corrected chi connectivity index (χ0v) is 17.6. The van der Waals surface area contributed by atoms with Crippen molar-refractivity contribution in [1.82, 2.24) is 15.2 Å². The van der Waals surface area contributed by atoms with Gasteiger partial charge in [0.2, 0.25) is 11.9 Å². The Morgan fingerprint density at radius 1 is 0.903 bits per heavy atom. The number of carbonyl (C=O) groups excluding carboxylic acids is 1. The highest BCUT2D eigenvalue weighted by Gasteiger charge is 2.26. The van der Waals surface area contributed by atoms with E-state index in [1.54, 1.807) is 14.2 Å². The highest BCUT2D eigenvalue weighted by Crippen LogP contribution is 2.38. The third-order valence-corrected chi connectivity index (χ3v) is 5.58. The minimum absolute atomic E-state index is 0.106. The molecule has 1 aliphatic rings. The fraction of sp³-hybridized carbons (Fsp3) is 0.304. The van der Waals surface area contributed by atoms with E-state index >= 15 is 0 Å². The van der Waals surface area contributed by atoms with Gasteiger partial charge in [-0.05, 0) is 37.1 Å². The topological polar surface area (TPSA) is 103 Å². The maximum absolute atomic E-state index is 11.5. The van der Waals surface area contributed by atoms with Crippen LogP contribution in [0.1, 0.15) is 12.8 Å². The van der Waals surface area contributed by atoms with E-state index in [1.807, 2.05) is 53.4 Å². The Labute approximate surface area is 181 Å². The van der Waals surface area contributed by atoms with E-state index in [0.717, 1.165) is 11.1 Å². The molecule has 31 heavy (non-hydrogen) atoms. The summed E-state index contributed by atoms with van der Waals surface area (Å²) in [7, 11) is 3.26. The Balaban J connectivity index is 1.81. The Hall–Kier alpha value is -3.68. The normalized spacial score (nSPS) is 14.3. The second kappa shape index (κ2) is 8.99. The summed E-state index contributed by atoms with van der Waals surface area (Å²) in [5.41, 5.74) is 8.34. The molecule has 0 radical (unpaired) electrons. The molecule has 0 atom stereocenters. The molecule has 0 bridgehead atoms. The number of hydrogen-bond acceptors (Lipinski definition) is 7. The second-order valence-electron chi connectivity index (χ2n) is 7.37. The third-order valence-electron chi connectivity index (χ3n) is 5.58. The molecule has 0 spiro atoms. The lowest BCUT2D eigenvalue weighted by molar-refractivity contribution is -0.122. The maximum Gasteiger partial charge on any atom is 0.245 e. The molecule has 4 rings (SSSR count). The minimum atomic E-state index is -0.250. The van der Waals surface area contributed by atoms with Crippen LogP contribution in [0.2, 0.25) is 0 Å². The molecular weight excluding hydrogens is 394 g/mol. The number of aromatic nitrogens is 3. The number of carbonyl (C=O) groups is 1. The van der Waals surface area contributed by atoms with Crippen molar-refractivity contribution in [3.05, 3.63) is 48.5 Å². The van der Waals surface area contributed by atoms with Crippen LogP contribution >= 0.6 is 0 Å². The van der Waals surface area contributed by atoms with Gasteiger partial charge in [-0.25, -0.2) is 4.98 Å². The van der Waals surface area contributed by atoms with Crippen LogP contribution in [0.15, 0.2) is 48.5 Å². The number of benzene rings is 2. The van der Waals surface area contributed by atoms with E-state index in [-0.39, 0.29) is 11.8 Å². The van der Waals surface area contributed by atoms with Crippen LogP contribution in [-0.4, -0.2) is 48.4 Å². The van der Waals surface area contributed by atoms with E-state index in [9.17, 15) is 4.79 Å². The average molecular weight is 419 g/mol. The van der Waals surface area contributed by atoms with Gasteiger partial charge < -0.3 is 20.1 Å². The zero-order valence-electron chi connectivity index (χ0n) is 17.6. The van der Waals surface area contributed by atoms with E-state index in [2.05, 4.69) is 10.2 Å². The quantitative estimate of drug-likeness (QED) is 0.655. The summed E-state index contributed by atoms with van der Waals surface area (Å²) in [6.07, 6.45) is 1.36. The van der Waals surface area contributed by atoms with Gasteiger partial charge in [0, 0.05) is 30.1 Å². The van der Waals surface area contributed by atoms with Crippen LogP contribution in [-0.2, 0) is 4.79 Å². The van der Waals surface area contributed by atoms with Gasteiger partial charge in [-0.15, -0.1) is 10.2 Å². The Morgan fingerprint density at radius 2 is 1.45 bits per heavy atom. The lowest BCUT2D eigenvalue weighted by atomic mass is 9.96. The average Bonchev–Trinajstić information content (AvgIpc) is 2.83. The second-order valence-corrected chi connectivity index (χ2v) is 7.37. The van der Waals surface area contributed by atoms with Gasteiger partial charge in [0.05, 0.1) is 14.2 Å². The summed E-state index contributed by atoms with van der Waals surface area (Å²) < 4.78 is 11.1. The number of ether oxygens (including phenoxy) is 2. The molecular formula is C23H25N5O3. The number of primary amides is 1. The van der Waals surface area contributed by atoms with Crippen LogP contribution in [0.5, 0.6) is 11.5 Å². The van der Waals surface area contributed by atoms with Gasteiger partial charge in [0.1, 0.15) is 22.9 Å². The van der Waals surface area contributed by atoms with Gasteiger partial charge in [0.15, 0.2) is 0 Å². The summed E-state index contributed by atoms with van der Waals surface area (Å²) in [5.74, 6) is 1.54. The van der Waals surface area contributed by atoms with Crippen LogP contribution in [0.25, 0.3) is 22.5 Å². The molecule has 1 fully saturated rings. The molecule has 0 aliphatic carbocycles. The van der Waals surface area contributed by atoms with Crippen LogP contribution < -0.4 is 20.1 Å². The van der Waals surface area contributed by atoms with Gasteiger partial charge in [-0.2, -0.15) is 0 Å². The van der Waals surface area contributed by atoms with Crippen molar-refractivity contribution in [1.29, 1.82) is 0 Å². The van der Waals surface area contributed by atoms with E-state index in [4.69, 9.17) is 20.2 Å². The molecule has 1 amide bonds. The highest BCUT2D eigenvalue weighted by molar-refractivity contribution is 5.83. The molecule has 2 aromatic carbocycles. The summed E-state index contributed by atoms with van der Waals surface area (Å²) >= 11 is 0. The number of nitrogens with zero attached hydrogens (tertiary/aromatic N) is 4. The molecule has 0 saturated carbocycles. The molecule has 1 saturated heterocycles. The number of hydrogen-bond donors (Lipinski definition) is 1. The van der Waals surface area contributed by atoms with E-state index < -0.39 is 0 Å². The lowest BCUT2D eigenvalue weighted by Crippen LogP contribution is -2.39. The van der Waals surface area contributed by atoms with Crippen molar-refractivity contribution >= 4 is 11.9 Å². The summed E-state index contributed by atoms with van der Waals surface area (Å²) in [6, 6.07) is 15.3. The molecule has 8 nitrogen and oxygen atoms in total. The summed E-state index contributed by atoms with van der Waals surface area (Å²) in [5, 5.41) is 8.98. The number of amides is 1. The minimum Gasteiger partial charge on any atom is -0.496 e. The van der Waals surface area contributed by atoms with Gasteiger partial charge in [-0.1, -0.05) is 24.3 Å². The Bertz CT molecular complexity index is 1080. The van der Waals surface area contributed by atoms with Crippen molar-refractivity contribution < 1.29 is 14.3 Å². The number of methoxy groups -OCH3 is 2. The van der Waals surface area contributed by atoms with Crippen LogP contribution in [0.4, 0.5) is 5.95 Å². The van der Waals surface area contributed by atoms with Crippen molar-refractivity contribution in [2.24, 2.45) is 11.7 Å². The highest BCUT2D eigenvalue weighted by atomic mass is 16.5. The third kappa shape index (κ3) is 4.14. The summed E-state index contributed by atoms with van der Waals surface area (Å²) in [4.78, 5) is 18.4. The standard InChI is InChI=1S/C23H25N5O3/c1-30-18-9-5-3-7-16(18)20-21(17-8-4-6-10-19(17)31-2)26-27-23(25-20)28-13-11-15(12-14-28)22(24)29/h3-10,15H,11-14H2,1-2H3,(H2,24,29). The smallest absolute Gasteiger partial charge is 0.245 e. The van der Waals surface area contributed by atoms with Crippen molar-refractivity contribution in [2.75, 3.05) is 32.2 Å². The fourth-order valence-corrected chi connectivity index (χ4v) is 3.87. The monoisotopic (exact) mass is 419 g/mol. The Kier molecular flexibility index (Phi) is 5.97. The van der Waals surface area contributed by atoms with Gasteiger partial charge in [0.25, 0.3) is 0 Å². The number of anilines is 1. The first-order chi connectivity index (χ1) is 15.1. The zero-order chi connectivity index (χ0) is 21.8. The molecule has 2 N–H and O–H groups in total. The van der Waals surface area contributed by atoms with Crippen LogP contribution in [0.3, 0.4) is 0 Å². The van der Waals surface area contributed by atoms with Gasteiger partial charge >= 0.3 is 0 Å². The van der Waals surface area contributed by atoms with Crippen molar-refractivity contribution in [3.8, 4) is 34.0 Å². The number of nitrogens with two attached hydrogens (primary N) is 1. The molecule has 160 valence electrons. The predicted octanol–water partition coefficient (Wildman–Crippen LogP) is 2.92. The number of rotatable bonds is 6. The first kappa shape index (κ1) is 20.6. The molecule has 1 aromatic heterocycles. The molecule has 2 heterocycles. The van der Waals surface area contributed by atoms with Crippen molar-refractivity contribution in [2.45, 2.75) is 12.8 Å². The lowest BCUT2D eigenvalue weighted by Gasteiger charge is -2.30. The predicted molar refractivity (Wildman–Crippen MR) is 118 cm³/mol. The summed E-state index contributed by atoms with van der Waals surface area (Å²) in [6.45, 7) is 1.29. The first-order valence-corrected chi connectivity index (χ1v) is 10.2. The first-order valence-electron chi connectivity index (χ1n) is 10.2. The number of para-hydroxylation sites is 2. The Morgan fingerprint density at radius 3 is 2.00 bits per heavy atom. The van der Waals surface area contributed by atoms with E-state index in [0.29, 0.717) is 54.8 Å². The molecule has 0 unspecified atom stereocenters. The van der Waals surface area contributed by atoms with Crippen molar-refractivity contribution in [3.63, 3.8) is 0 Å². The molecule has 8 heteroatoms.